The molecule has 4 aromatic heterocycles. The number of hydrogen-bond acceptors (Lipinski definition) is 13. The third-order valence-corrected chi connectivity index (χ3v) is 13.8. The Balaban J connectivity index is 0.000000769. The largest absolute Gasteiger partial charge is 0.465 e. The Hall–Kier alpha value is 0.155. The van der Waals surface area contributed by atoms with Gasteiger partial charge in [0, 0.05) is 113 Å². The zero-order valence-corrected chi connectivity index (χ0v) is 48.1. The van der Waals surface area contributed by atoms with E-state index in [1.165, 1.54) is 76.4 Å². The summed E-state index contributed by atoms with van der Waals surface area (Å²) in [6.07, 6.45) is 11.0. The minimum atomic E-state index is -0.491. The molecule has 5 unspecified atom stereocenters. The molecule has 3 aliphatic heterocycles. The second-order valence-corrected chi connectivity index (χ2v) is 17.7. The normalized spacial score (nSPS) is 17.9. The number of Topliss-reactive ketones (excluding diaryl/α,β-unsaturated/α-hetero) is 2. The molecule has 333 valence electrons. The number of fused-ring (bicyclic) bond motifs is 1. The molecule has 0 saturated carbocycles. The van der Waals surface area contributed by atoms with Gasteiger partial charge in [-0.15, -0.1) is 34.4 Å². The van der Waals surface area contributed by atoms with Gasteiger partial charge in [0.15, 0.2) is 24.1 Å². The summed E-state index contributed by atoms with van der Waals surface area (Å²) in [4.78, 5) is 25.5. The van der Waals surface area contributed by atoms with Gasteiger partial charge >= 0.3 is 0 Å². The molecule has 2 saturated heterocycles. The first-order chi connectivity index (χ1) is 27.1. The van der Waals surface area contributed by atoms with Crippen LogP contribution in [-0.4, -0.2) is 48.2 Å². The van der Waals surface area contributed by atoms with Crippen molar-refractivity contribution in [2.45, 2.75) is 155 Å². The number of thioether (sulfide) groups is 1. The second kappa shape index (κ2) is 32.8. The van der Waals surface area contributed by atoms with Crippen molar-refractivity contribution >= 4 is 57.3 Å². The van der Waals surface area contributed by atoms with E-state index >= 15 is 0 Å². The number of hydrogen-bond donors (Lipinski definition) is 2. The minimum Gasteiger partial charge on any atom is -0.465 e. The summed E-state index contributed by atoms with van der Waals surface area (Å²) < 4.78 is 28.8. The topological polar surface area (TPSA) is 139 Å². The van der Waals surface area contributed by atoms with Gasteiger partial charge in [0.25, 0.3) is 0 Å². The number of ketones is 2. The van der Waals surface area contributed by atoms with Crippen LogP contribution in [0.4, 0.5) is 0 Å². The minimum absolute atomic E-state index is 0. The van der Waals surface area contributed by atoms with Crippen LogP contribution in [-0.2, 0) is 71.4 Å². The molecule has 0 aliphatic carbocycles. The number of thiophene rings is 3. The van der Waals surface area contributed by atoms with E-state index in [1.807, 2.05) is 41.6 Å². The van der Waals surface area contributed by atoms with Crippen LogP contribution in [0.1, 0.15) is 171 Å². The molecule has 60 heavy (non-hydrogen) atoms. The number of aliphatic hydroxyl groups is 1. The van der Waals surface area contributed by atoms with Crippen LogP contribution < -0.4 is 6.15 Å². The monoisotopic (exact) mass is 1340 g/mol. The second-order valence-electron chi connectivity index (χ2n) is 14.0. The Morgan fingerprint density at radius 1 is 0.817 bits per heavy atom. The Morgan fingerprint density at radius 2 is 1.37 bits per heavy atom. The van der Waals surface area contributed by atoms with E-state index in [2.05, 4.69) is 44.5 Å². The molecule has 4 aromatic rings. The maximum absolute atomic E-state index is 11.6. The van der Waals surface area contributed by atoms with E-state index in [-0.39, 0.29) is 113 Å². The molecule has 3 aliphatic rings. The van der Waals surface area contributed by atoms with Crippen LogP contribution in [0.25, 0.3) is 0 Å². The van der Waals surface area contributed by atoms with Gasteiger partial charge in [-0.2, -0.15) is 11.3 Å². The van der Waals surface area contributed by atoms with Crippen LogP contribution in [0.15, 0.2) is 49.0 Å². The molecule has 7 heterocycles. The average molecular weight is 1340 g/mol. The third-order valence-electron chi connectivity index (χ3n) is 9.81. The molecule has 2 fully saturated rings. The first-order valence-electron chi connectivity index (χ1n) is 20.3. The smallest absolute Gasteiger partial charge is 0.170 e. The summed E-state index contributed by atoms with van der Waals surface area (Å²) in [5, 5.41) is 17.6. The molecule has 9 nitrogen and oxygen atoms in total. The van der Waals surface area contributed by atoms with Gasteiger partial charge in [0.05, 0.1) is 33.0 Å². The number of carbonyl (C=O) groups is 2. The van der Waals surface area contributed by atoms with Gasteiger partial charge in [-0.1, -0.05) is 27.7 Å². The maximum atomic E-state index is 11.6. The fourth-order valence-electron chi connectivity index (χ4n) is 6.82. The quantitative estimate of drug-likeness (QED) is 0.124. The molecule has 0 aromatic carbocycles. The molecule has 16 heteroatoms. The van der Waals surface area contributed by atoms with Gasteiger partial charge in [-0.3, -0.25) is 9.59 Å². The summed E-state index contributed by atoms with van der Waals surface area (Å²) in [5.41, 5.74) is 4.56. The average Bonchev–Trinajstić information content (AvgIpc) is 4.07. The Bertz CT molecular complexity index is 1740. The molecular weight excluding hydrogens is 1270 g/mol. The predicted octanol–water partition coefficient (Wildman–Crippen LogP) is 13.0. The number of carbonyl (C=O) groups excluding carboxylic acids is 2. The van der Waals surface area contributed by atoms with Crippen molar-refractivity contribution in [3.05, 3.63) is 83.2 Å². The number of aliphatic hydroxyl groups excluding tert-OH is 1. The van der Waals surface area contributed by atoms with Crippen LogP contribution in [0, 0.1) is 38.0 Å². The molecule has 5 atom stereocenters. The maximum Gasteiger partial charge on any atom is 0.170 e. The van der Waals surface area contributed by atoms with Crippen molar-refractivity contribution in [1.82, 2.24) is 6.15 Å². The van der Waals surface area contributed by atoms with Gasteiger partial charge in [-0.05, 0) is 130 Å². The SMILES string of the molecule is CCC(O)c1ccsc1C(C)=O.CCC(OC1CCCCO1)c1ccsc1.CCC(OC1CCCCO1)c1ccsc1C(C)=O.CCc1oc(C)c2c1CCS2.N.[U].[V].[W]. The molecular formula is C44H65NO8S4UVW. The van der Waals surface area contributed by atoms with Crippen molar-refractivity contribution in [2.75, 3.05) is 19.0 Å². The van der Waals surface area contributed by atoms with E-state index in [9.17, 15) is 14.7 Å². The first-order valence-corrected chi connectivity index (χ1v) is 23.9. The van der Waals surface area contributed by atoms with Gasteiger partial charge < -0.3 is 34.6 Å². The number of rotatable bonds is 13. The molecule has 0 amide bonds. The van der Waals surface area contributed by atoms with Gasteiger partial charge in [-0.25, -0.2) is 0 Å². The third kappa shape index (κ3) is 18.6. The molecule has 0 bridgehead atoms. The zero-order chi connectivity index (χ0) is 40.5. The van der Waals surface area contributed by atoms with Crippen LogP contribution in [0.3, 0.4) is 0 Å². The van der Waals surface area contributed by atoms with E-state index in [4.69, 9.17) is 23.4 Å². The Labute approximate surface area is 425 Å². The number of aryl methyl sites for hydroxylation is 2. The van der Waals surface area contributed by atoms with Gasteiger partial charge in [0.2, 0.25) is 0 Å². The van der Waals surface area contributed by atoms with Crippen molar-refractivity contribution < 1.29 is 109 Å². The van der Waals surface area contributed by atoms with E-state index in [1.54, 1.807) is 18.3 Å². The van der Waals surface area contributed by atoms with Crippen molar-refractivity contribution in [1.29, 1.82) is 0 Å². The molecule has 7 rings (SSSR count). The number of furan rings is 1. The molecule has 0 spiro atoms. The fraction of sp³-hybridized carbons (Fsp3) is 0.591. The predicted molar refractivity (Wildman–Crippen MR) is 236 cm³/mol. The summed E-state index contributed by atoms with van der Waals surface area (Å²) in [5.74, 6) is 3.73. The standard InChI is InChI=1S/C14H20O3S.C12H18O2S.C9H12O2S.C9H12OS.H3N.U.V.W/c1-3-12(17-13-6-4-5-8-16-13)11-7-9-18-14(11)10(2)15;1-2-11(10-6-8-15-9-10)14-12-5-3-4-7-13-12;1-3-8(11)7-4-5-12-9(7)6(2)10;1-3-8-7-4-5-11-9(7)6(2)10-8;;;;/h7,9,12-13H,3-6,8H2,1-2H3;6,8-9,11-12H,2-5,7H2,1H3;4-5,8,11H,3H2,1-2H3;3-5H2,1-2H3;1H3;;;. The Kier molecular flexibility index (Phi) is 32.8. The fourth-order valence-corrected chi connectivity index (χ4v) is 10.4. The van der Waals surface area contributed by atoms with E-state index in [0.29, 0.717) is 11.3 Å². The summed E-state index contributed by atoms with van der Waals surface area (Å²) in [7, 11) is 0. The zero-order valence-electron chi connectivity index (χ0n) is 36.3. The van der Waals surface area contributed by atoms with Crippen LogP contribution in [0.5, 0.6) is 0 Å². The molecule has 4 N–H and O–H groups in total. The van der Waals surface area contributed by atoms with Crippen molar-refractivity contribution in [3.8, 4) is 0 Å². The summed E-state index contributed by atoms with van der Waals surface area (Å²) >= 11 is 6.55. The van der Waals surface area contributed by atoms with E-state index < -0.39 is 6.10 Å². The van der Waals surface area contributed by atoms with E-state index in [0.717, 1.165) is 79.9 Å². The Morgan fingerprint density at radius 3 is 1.83 bits per heavy atom. The molecule has 1 radical (unpaired) electrons. The van der Waals surface area contributed by atoms with Crippen molar-refractivity contribution in [2.24, 2.45) is 0 Å². The van der Waals surface area contributed by atoms with Gasteiger partial charge in [0.1, 0.15) is 11.5 Å². The van der Waals surface area contributed by atoms with Crippen LogP contribution in [0.2, 0.25) is 0 Å². The summed E-state index contributed by atoms with van der Waals surface area (Å²) in [6, 6.07) is 5.95. The number of ether oxygens (including phenoxy) is 4. The van der Waals surface area contributed by atoms with Crippen molar-refractivity contribution in [3.63, 3.8) is 0 Å². The summed E-state index contributed by atoms with van der Waals surface area (Å²) in [6.45, 7) is 15.1. The van der Waals surface area contributed by atoms with Crippen LogP contribution >= 0.6 is 45.8 Å². The first kappa shape index (κ1) is 60.2.